The first-order chi connectivity index (χ1) is 7.50. The Labute approximate surface area is 86.7 Å². The second-order valence-electron chi connectivity index (χ2n) is 3.96. The van der Waals surface area contributed by atoms with Crippen LogP contribution in [0.15, 0.2) is 12.1 Å². The summed E-state index contributed by atoms with van der Waals surface area (Å²) in [5.41, 5.74) is 1.11. The monoisotopic (exact) mass is 196 g/mol. The maximum atomic E-state index is 13.7. The first kappa shape index (κ1) is 7.27. The molecule has 0 radical (unpaired) electrons. The van der Waals surface area contributed by atoms with Gasteiger partial charge in [0, 0.05) is 13.3 Å². The minimum atomic E-state index is -0.928. The molecule has 0 amide bonds. The molecule has 1 aliphatic heterocycles. The Morgan fingerprint density at radius 2 is 2.36 bits per heavy atom. The summed E-state index contributed by atoms with van der Waals surface area (Å²) < 4.78 is 34.3. The highest BCUT2D eigenvalue weighted by Gasteiger charge is 2.19. The first-order valence-corrected chi connectivity index (χ1v) is 4.83. The van der Waals surface area contributed by atoms with E-state index in [9.17, 15) is 4.39 Å². The number of halogens is 1. The van der Waals surface area contributed by atoms with E-state index in [1.165, 1.54) is 12.1 Å². The molecule has 0 bridgehead atoms. The van der Waals surface area contributed by atoms with Gasteiger partial charge in [0.1, 0.15) is 11.6 Å². The summed E-state index contributed by atoms with van der Waals surface area (Å²) in [6.07, 6.45) is -0.208. The van der Waals surface area contributed by atoms with Crippen LogP contribution in [0.3, 0.4) is 0 Å². The van der Waals surface area contributed by atoms with E-state index in [0.29, 0.717) is 29.2 Å². The average molecular weight is 196 g/mol. The topological polar surface area (TPSA) is 9.23 Å². The molecule has 2 rings (SSSR count). The molecule has 0 saturated heterocycles. The summed E-state index contributed by atoms with van der Waals surface area (Å²) in [5, 5.41) is 0. The van der Waals surface area contributed by atoms with Crippen molar-refractivity contribution in [2.24, 2.45) is 5.92 Å². The lowest BCUT2D eigenvalue weighted by atomic mass is 9.96. The van der Waals surface area contributed by atoms with Crippen molar-refractivity contribution in [1.29, 1.82) is 0 Å². The van der Waals surface area contributed by atoms with Gasteiger partial charge in [-0.2, -0.15) is 0 Å². The lowest BCUT2D eigenvalue weighted by Crippen LogP contribution is -2.01. The van der Waals surface area contributed by atoms with E-state index in [2.05, 4.69) is 0 Å². The molecule has 1 aliphatic rings. The highest BCUT2D eigenvalue weighted by Crippen LogP contribution is 2.31. The molecule has 14 heavy (non-hydrogen) atoms. The summed E-state index contributed by atoms with van der Waals surface area (Å²) >= 11 is 0. The lowest BCUT2D eigenvalue weighted by molar-refractivity contribution is 0.356. The molecule has 1 heterocycles. The average Bonchev–Trinajstić information content (AvgIpc) is 2.48. The van der Waals surface area contributed by atoms with E-state index >= 15 is 0 Å². The molecule has 2 atom stereocenters. The molecular weight excluding hydrogens is 179 g/mol. The van der Waals surface area contributed by atoms with E-state index in [-0.39, 0.29) is 5.82 Å². The predicted octanol–water partition coefficient (Wildman–Crippen LogP) is 2.96. The van der Waals surface area contributed by atoms with Crippen molar-refractivity contribution in [3.8, 4) is 5.75 Å². The van der Waals surface area contributed by atoms with E-state index in [4.69, 9.17) is 7.48 Å². The maximum Gasteiger partial charge on any atom is 0.126 e. The van der Waals surface area contributed by atoms with Crippen molar-refractivity contribution < 1.29 is 11.9 Å². The van der Waals surface area contributed by atoms with Gasteiger partial charge in [-0.25, -0.2) is 4.39 Å². The van der Waals surface area contributed by atoms with Crippen molar-refractivity contribution in [2.75, 3.05) is 6.58 Å². The van der Waals surface area contributed by atoms with Crippen LogP contribution in [-0.4, -0.2) is 6.58 Å². The molecule has 1 aromatic carbocycles. The highest BCUT2D eigenvalue weighted by molar-refractivity contribution is 5.43. The van der Waals surface area contributed by atoms with Crippen LogP contribution in [0.25, 0.3) is 0 Å². The quantitative estimate of drug-likeness (QED) is 0.706. The van der Waals surface area contributed by atoms with Crippen molar-refractivity contribution in [1.82, 2.24) is 0 Å². The van der Waals surface area contributed by atoms with Gasteiger partial charge in [-0.1, -0.05) is 13.8 Å². The number of ether oxygens (including phenoxy) is 1. The van der Waals surface area contributed by atoms with Crippen LogP contribution < -0.4 is 4.74 Å². The molecule has 1 nitrogen and oxygen atoms in total. The van der Waals surface area contributed by atoms with Gasteiger partial charge in [0.25, 0.3) is 0 Å². The third-order valence-electron chi connectivity index (χ3n) is 2.30. The normalized spacial score (nSPS) is 26.9. The largest absolute Gasteiger partial charge is 0.493 e. The van der Waals surface area contributed by atoms with Gasteiger partial charge in [-0.15, -0.1) is 0 Å². The van der Waals surface area contributed by atoms with Gasteiger partial charge < -0.3 is 4.74 Å². The van der Waals surface area contributed by atoms with E-state index in [1.54, 1.807) is 0 Å². The fraction of sp³-hybridized carbons (Fsp3) is 0.500. The third kappa shape index (κ3) is 1.61. The minimum Gasteiger partial charge on any atom is -0.493 e. The summed E-state index contributed by atoms with van der Waals surface area (Å²) in [4.78, 5) is 0. The van der Waals surface area contributed by atoms with Gasteiger partial charge in [0.2, 0.25) is 0 Å². The zero-order valence-electron chi connectivity index (χ0n) is 10.4. The summed E-state index contributed by atoms with van der Waals surface area (Å²) in [6, 6.07) is 2.88. The molecular formula is C12H15FO. The molecule has 0 aromatic heterocycles. The van der Waals surface area contributed by atoms with Crippen LogP contribution in [0.1, 0.15) is 27.7 Å². The molecule has 1 aromatic rings. The predicted molar refractivity (Wildman–Crippen MR) is 54.1 cm³/mol. The first-order valence-electron chi connectivity index (χ1n) is 5.98. The summed E-state index contributed by atoms with van der Waals surface area (Å²) in [5.74, 6) is 0.525. The Hall–Kier alpha value is -1.05. The van der Waals surface area contributed by atoms with Crippen LogP contribution in [0.4, 0.5) is 4.39 Å². The fourth-order valence-corrected chi connectivity index (χ4v) is 1.69. The standard InChI is InChI=1S/C12H15FO/c1-8(2)7-10-9-5-6-14-12(9)4-3-11(10)13/h3-4,8H,5-7H2,1-2H3/i5D,6D. The lowest BCUT2D eigenvalue weighted by Gasteiger charge is -2.10. The van der Waals surface area contributed by atoms with E-state index < -0.39 is 13.0 Å². The number of benzene rings is 1. The van der Waals surface area contributed by atoms with Crippen LogP contribution in [0.5, 0.6) is 5.75 Å². The zero-order chi connectivity index (χ0) is 11.9. The number of fused-ring (bicyclic) bond motifs is 1. The number of rotatable bonds is 2. The van der Waals surface area contributed by atoms with Crippen LogP contribution >= 0.6 is 0 Å². The van der Waals surface area contributed by atoms with Crippen LogP contribution in [-0.2, 0) is 12.8 Å². The Morgan fingerprint density at radius 3 is 3.07 bits per heavy atom. The molecule has 0 aliphatic carbocycles. The van der Waals surface area contributed by atoms with Crippen molar-refractivity contribution in [3.63, 3.8) is 0 Å². The van der Waals surface area contributed by atoms with Crippen LogP contribution in [0.2, 0.25) is 0 Å². The second-order valence-corrected chi connectivity index (χ2v) is 3.96. The van der Waals surface area contributed by atoms with Gasteiger partial charge >= 0.3 is 0 Å². The third-order valence-corrected chi connectivity index (χ3v) is 2.30. The molecule has 76 valence electrons. The highest BCUT2D eigenvalue weighted by atomic mass is 19.1. The van der Waals surface area contributed by atoms with Gasteiger partial charge in [-0.05, 0) is 30.0 Å². The van der Waals surface area contributed by atoms with E-state index in [1.807, 2.05) is 13.8 Å². The molecule has 0 spiro atoms. The molecule has 0 saturated carbocycles. The molecule has 0 fully saturated rings. The van der Waals surface area contributed by atoms with Crippen LogP contribution in [0, 0.1) is 11.7 Å². The minimum absolute atomic E-state index is 0.289. The maximum absolute atomic E-state index is 13.7. The second kappa shape index (κ2) is 3.60. The Bertz CT molecular complexity index is 406. The molecule has 2 heteroatoms. The SMILES string of the molecule is [2H]C1Oc2ccc(F)c(CC(C)C)c2C1[2H]. The fourth-order valence-electron chi connectivity index (χ4n) is 1.69. The van der Waals surface area contributed by atoms with Crippen molar-refractivity contribution >= 4 is 0 Å². The smallest absolute Gasteiger partial charge is 0.126 e. The van der Waals surface area contributed by atoms with Gasteiger partial charge in [0.05, 0.1) is 7.95 Å². The summed E-state index contributed by atoms with van der Waals surface area (Å²) in [6.45, 7) is 3.08. The molecule has 2 unspecified atom stereocenters. The number of hydrogen-bond donors (Lipinski definition) is 0. The van der Waals surface area contributed by atoms with Crippen molar-refractivity contribution in [3.05, 3.63) is 29.1 Å². The van der Waals surface area contributed by atoms with E-state index in [0.717, 1.165) is 0 Å². The Kier molecular flexibility index (Phi) is 1.87. The Balaban J connectivity index is 2.48. The Morgan fingerprint density at radius 1 is 1.57 bits per heavy atom. The number of hydrogen-bond acceptors (Lipinski definition) is 1. The molecule has 0 N–H and O–H groups in total. The van der Waals surface area contributed by atoms with Gasteiger partial charge in [0.15, 0.2) is 0 Å². The zero-order valence-corrected chi connectivity index (χ0v) is 8.38. The summed E-state index contributed by atoms with van der Waals surface area (Å²) in [7, 11) is 0. The van der Waals surface area contributed by atoms with Gasteiger partial charge in [-0.3, -0.25) is 0 Å². The van der Waals surface area contributed by atoms with Crippen molar-refractivity contribution in [2.45, 2.75) is 26.7 Å².